The Morgan fingerprint density at radius 2 is 1.90 bits per heavy atom. The molecule has 0 heterocycles. The second kappa shape index (κ2) is 6.64. The van der Waals surface area contributed by atoms with Crippen molar-refractivity contribution in [1.82, 2.24) is 0 Å². The van der Waals surface area contributed by atoms with Gasteiger partial charge in [0.1, 0.15) is 0 Å². The normalized spacial score (nSPS) is 12.0. The number of halogens is 3. The largest absolute Gasteiger partial charge is 0.378 e. The van der Waals surface area contributed by atoms with Crippen molar-refractivity contribution in [2.45, 2.75) is 13.0 Å². The van der Waals surface area contributed by atoms with E-state index in [-0.39, 0.29) is 11.7 Å². The molecule has 0 aliphatic rings. The SMILES string of the molecule is CC(Nc1ccc([N+](=O)[O-])cc1Br)c1ccc(Cl)c(Cl)c1. The van der Waals surface area contributed by atoms with Gasteiger partial charge in [0.25, 0.3) is 5.69 Å². The summed E-state index contributed by atoms with van der Waals surface area (Å²) >= 11 is 15.2. The number of nitrogens with one attached hydrogen (secondary N) is 1. The molecule has 0 bridgehead atoms. The van der Waals surface area contributed by atoms with Crippen LogP contribution in [0.2, 0.25) is 10.0 Å². The molecule has 0 saturated heterocycles. The molecule has 0 spiro atoms. The van der Waals surface area contributed by atoms with Crippen LogP contribution in [0, 0.1) is 10.1 Å². The molecular weight excluding hydrogens is 379 g/mol. The molecular formula is C14H11BrCl2N2O2. The minimum absolute atomic E-state index is 0.0301. The predicted octanol–water partition coefficient (Wildman–Crippen LogP) is 5.84. The van der Waals surface area contributed by atoms with Crippen molar-refractivity contribution in [2.75, 3.05) is 5.32 Å². The van der Waals surface area contributed by atoms with Crippen molar-refractivity contribution in [1.29, 1.82) is 0 Å². The second-order valence-electron chi connectivity index (χ2n) is 4.46. The van der Waals surface area contributed by atoms with Crippen LogP contribution in [0.1, 0.15) is 18.5 Å². The van der Waals surface area contributed by atoms with Gasteiger partial charge in [-0.15, -0.1) is 0 Å². The maximum absolute atomic E-state index is 10.7. The van der Waals surface area contributed by atoms with Crippen LogP contribution in [0.4, 0.5) is 11.4 Å². The quantitative estimate of drug-likeness (QED) is 0.528. The first kappa shape index (κ1) is 16.1. The number of anilines is 1. The molecule has 1 unspecified atom stereocenters. The van der Waals surface area contributed by atoms with Crippen molar-refractivity contribution in [2.24, 2.45) is 0 Å². The Morgan fingerprint density at radius 1 is 1.19 bits per heavy atom. The van der Waals surface area contributed by atoms with Gasteiger partial charge < -0.3 is 5.32 Å². The highest BCUT2D eigenvalue weighted by atomic mass is 79.9. The van der Waals surface area contributed by atoms with Crippen LogP contribution < -0.4 is 5.32 Å². The topological polar surface area (TPSA) is 55.2 Å². The van der Waals surface area contributed by atoms with Gasteiger partial charge in [-0.05, 0) is 46.6 Å². The molecule has 0 aromatic heterocycles. The molecule has 2 aromatic carbocycles. The number of nitro groups is 1. The fourth-order valence-electron chi connectivity index (χ4n) is 1.83. The molecule has 0 aliphatic carbocycles. The van der Waals surface area contributed by atoms with E-state index in [1.54, 1.807) is 18.2 Å². The molecule has 4 nitrogen and oxygen atoms in total. The van der Waals surface area contributed by atoms with E-state index in [9.17, 15) is 10.1 Å². The second-order valence-corrected chi connectivity index (χ2v) is 6.13. The average molecular weight is 390 g/mol. The number of non-ortho nitro benzene ring substituents is 1. The van der Waals surface area contributed by atoms with Crippen molar-refractivity contribution in [3.63, 3.8) is 0 Å². The van der Waals surface area contributed by atoms with Gasteiger partial charge in [0, 0.05) is 28.3 Å². The van der Waals surface area contributed by atoms with Crippen molar-refractivity contribution < 1.29 is 4.92 Å². The van der Waals surface area contributed by atoms with Crippen LogP contribution in [0.5, 0.6) is 0 Å². The van der Waals surface area contributed by atoms with Crippen LogP contribution in [-0.2, 0) is 0 Å². The van der Waals surface area contributed by atoms with E-state index in [0.29, 0.717) is 14.5 Å². The molecule has 110 valence electrons. The molecule has 0 fully saturated rings. The lowest BCUT2D eigenvalue weighted by Crippen LogP contribution is -2.07. The maximum Gasteiger partial charge on any atom is 0.270 e. The van der Waals surface area contributed by atoms with Gasteiger partial charge in [0.2, 0.25) is 0 Å². The number of hydrogen-bond donors (Lipinski definition) is 1. The summed E-state index contributed by atoms with van der Waals surface area (Å²) in [6.07, 6.45) is 0. The lowest BCUT2D eigenvalue weighted by molar-refractivity contribution is -0.384. The number of nitro benzene ring substituents is 1. The first-order chi connectivity index (χ1) is 9.88. The van der Waals surface area contributed by atoms with Gasteiger partial charge >= 0.3 is 0 Å². The first-order valence-corrected chi connectivity index (χ1v) is 7.59. The standard InChI is InChI=1S/C14H11BrCl2N2O2/c1-8(9-2-4-12(16)13(17)6-9)18-14-5-3-10(19(20)21)7-11(14)15/h2-8,18H,1H3. The van der Waals surface area contributed by atoms with Gasteiger partial charge in [-0.1, -0.05) is 29.3 Å². The van der Waals surface area contributed by atoms with E-state index in [2.05, 4.69) is 21.2 Å². The Labute approximate surface area is 140 Å². The number of nitrogens with zero attached hydrogens (tertiary/aromatic N) is 1. The van der Waals surface area contributed by atoms with E-state index in [1.165, 1.54) is 12.1 Å². The predicted molar refractivity (Wildman–Crippen MR) is 89.3 cm³/mol. The average Bonchev–Trinajstić information content (AvgIpc) is 2.43. The van der Waals surface area contributed by atoms with E-state index in [4.69, 9.17) is 23.2 Å². The van der Waals surface area contributed by atoms with Gasteiger partial charge in [0.15, 0.2) is 0 Å². The van der Waals surface area contributed by atoms with Crippen molar-refractivity contribution in [3.8, 4) is 0 Å². The number of benzene rings is 2. The molecule has 1 atom stereocenters. The highest BCUT2D eigenvalue weighted by molar-refractivity contribution is 9.10. The van der Waals surface area contributed by atoms with Crippen LogP contribution in [0.15, 0.2) is 40.9 Å². The zero-order valence-corrected chi connectivity index (χ0v) is 14.0. The summed E-state index contributed by atoms with van der Waals surface area (Å²) in [6, 6.07) is 9.96. The Balaban J connectivity index is 2.21. The third-order valence-electron chi connectivity index (χ3n) is 2.98. The molecule has 0 amide bonds. The molecule has 0 radical (unpaired) electrons. The monoisotopic (exact) mass is 388 g/mol. The lowest BCUT2D eigenvalue weighted by atomic mass is 10.1. The summed E-state index contributed by atoms with van der Waals surface area (Å²) in [4.78, 5) is 10.3. The summed E-state index contributed by atoms with van der Waals surface area (Å²) in [6.45, 7) is 1.97. The third-order valence-corrected chi connectivity index (χ3v) is 4.37. The highest BCUT2D eigenvalue weighted by Gasteiger charge is 2.12. The first-order valence-electron chi connectivity index (χ1n) is 6.04. The van der Waals surface area contributed by atoms with Crippen LogP contribution in [-0.4, -0.2) is 4.92 Å². The summed E-state index contributed by atoms with van der Waals surface area (Å²) < 4.78 is 0.628. The van der Waals surface area contributed by atoms with E-state index >= 15 is 0 Å². The smallest absolute Gasteiger partial charge is 0.270 e. The summed E-state index contributed by atoms with van der Waals surface area (Å²) in [5.74, 6) is 0. The lowest BCUT2D eigenvalue weighted by Gasteiger charge is -2.17. The Hall–Kier alpha value is -1.30. The molecule has 0 aliphatic heterocycles. The van der Waals surface area contributed by atoms with E-state index < -0.39 is 4.92 Å². The Bertz CT molecular complexity index is 695. The molecule has 7 heteroatoms. The minimum Gasteiger partial charge on any atom is -0.378 e. The summed E-state index contributed by atoms with van der Waals surface area (Å²) in [5, 5.41) is 15.0. The maximum atomic E-state index is 10.7. The van der Waals surface area contributed by atoms with Crippen LogP contribution >= 0.6 is 39.1 Å². The number of hydrogen-bond acceptors (Lipinski definition) is 3. The molecule has 1 N–H and O–H groups in total. The summed E-state index contributed by atoms with van der Waals surface area (Å²) in [5.41, 5.74) is 1.77. The van der Waals surface area contributed by atoms with Crippen molar-refractivity contribution in [3.05, 3.63) is 66.6 Å². The number of rotatable bonds is 4. The van der Waals surface area contributed by atoms with Gasteiger partial charge in [-0.2, -0.15) is 0 Å². The van der Waals surface area contributed by atoms with Crippen LogP contribution in [0.25, 0.3) is 0 Å². The van der Waals surface area contributed by atoms with Crippen LogP contribution in [0.3, 0.4) is 0 Å². The molecule has 21 heavy (non-hydrogen) atoms. The molecule has 2 rings (SSSR count). The fourth-order valence-corrected chi connectivity index (χ4v) is 2.62. The molecule has 2 aromatic rings. The molecule has 0 saturated carbocycles. The van der Waals surface area contributed by atoms with E-state index in [0.717, 1.165) is 11.3 Å². The van der Waals surface area contributed by atoms with E-state index in [1.807, 2.05) is 13.0 Å². The highest BCUT2D eigenvalue weighted by Crippen LogP contribution is 2.31. The summed E-state index contributed by atoms with van der Waals surface area (Å²) in [7, 11) is 0. The van der Waals surface area contributed by atoms with Gasteiger partial charge in [-0.25, -0.2) is 0 Å². The Kier molecular flexibility index (Phi) is 5.08. The van der Waals surface area contributed by atoms with Gasteiger partial charge in [-0.3, -0.25) is 10.1 Å². The third kappa shape index (κ3) is 3.87. The van der Waals surface area contributed by atoms with Crippen molar-refractivity contribution >= 4 is 50.5 Å². The minimum atomic E-state index is -0.434. The Morgan fingerprint density at radius 3 is 2.48 bits per heavy atom. The van der Waals surface area contributed by atoms with Gasteiger partial charge in [0.05, 0.1) is 15.0 Å². The zero-order chi connectivity index (χ0) is 15.6. The zero-order valence-electron chi connectivity index (χ0n) is 10.9. The fraction of sp³-hybridized carbons (Fsp3) is 0.143.